The Labute approximate surface area is 176 Å². The first-order chi connectivity index (χ1) is 14.2. The summed E-state index contributed by atoms with van der Waals surface area (Å²) in [5.41, 5.74) is 1.16. The van der Waals surface area contributed by atoms with Gasteiger partial charge in [-0.2, -0.15) is 4.98 Å². The van der Waals surface area contributed by atoms with Gasteiger partial charge < -0.3 is 15.3 Å². The molecule has 2 heterocycles. The second-order valence-electron chi connectivity index (χ2n) is 8.63. The zero-order valence-electron chi connectivity index (χ0n) is 18.0. The zero-order chi connectivity index (χ0) is 21.9. The lowest BCUT2D eigenvalue weighted by Gasteiger charge is -2.38. The average Bonchev–Trinajstić information content (AvgIpc) is 3.11. The van der Waals surface area contributed by atoms with Crippen LogP contribution in [0.1, 0.15) is 46.2 Å². The fourth-order valence-electron chi connectivity index (χ4n) is 3.90. The van der Waals surface area contributed by atoms with Crippen LogP contribution in [-0.4, -0.2) is 50.7 Å². The van der Waals surface area contributed by atoms with Crippen LogP contribution >= 0.6 is 0 Å². The Morgan fingerprint density at radius 2 is 2.00 bits per heavy atom. The van der Waals surface area contributed by atoms with E-state index in [1.54, 1.807) is 17.0 Å². The van der Waals surface area contributed by atoms with Crippen LogP contribution in [0, 0.1) is 5.82 Å². The summed E-state index contributed by atoms with van der Waals surface area (Å²) < 4.78 is 13.2. The molecule has 3 rings (SSSR count). The molecule has 1 aliphatic heterocycles. The van der Waals surface area contributed by atoms with E-state index in [0.717, 1.165) is 37.3 Å². The summed E-state index contributed by atoms with van der Waals surface area (Å²) in [6, 6.07) is 7.94. The third kappa shape index (κ3) is 5.17. The summed E-state index contributed by atoms with van der Waals surface area (Å²) in [7, 11) is 0. The van der Waals surface area contributed by atoms with Crippen LogP contribution < -0.4 is 10.2 Å². The largest absolute Gasteiger partial charge is 0.465 e. The van der Waals surface area contributed by atoms with Gasteiger partial charge in [0.25, 0.3) is 0 Å². The summed E-state index contributed by atoms with van der Waals surface area (Å²) >= 11 is 0. The Hall–Kier alpha value is -2.90. The number of rotatable bonds is 6. The van der Waals surface area contributed by atoms with Gasteiger partial charge >= 0.3 is 6.09 Å². The van der Waals surface area contributed by atoms with Gasteiger partial charge in [-0.15, -0.1) is 0 Å². The third-order valence-corrected chi connectivity index (χ3v) is 5.15. The summed E-state index contributed by atoms with van der Waals surface area (Å²) in [6.07, 6.45) is 1.61. The van der Waals surface area contributed by atoms with Gasteiger partial charge in [0, 0.05) is 36.1 Å². The van der Waals surface area contributed by atoms with Gasteiger partial charge in [0.2, 0.25) is 5.95 Å². The minimum absolute atomic E-state index is 0.0967. The number of aromatic nitrogens is 2. The monoisotopic (exact) mass is 415 g/mol. The second kappa shape index (κ2) is 8.85. The van der Waals surface area contributed by atoms with Crippen LogP contribution in [0.4, 0.5) is 26.6 Å². The van der Waals surface area contributed by atoms with E-state index in [1.807, 2.05) is 26.8 Å². The molecule has 1 saturated heterocycles. The molecule has 7 nitrogen and oxygen atoms in total. The molecular formula is C22H30FN5O2. The first-order valence-corrected chi connectivity index (χ1v) is 10.3. The quantitative estimate of drug-likeness (QED) is 0.714. The van der Waals surface area contributed by atoms with E-state index in [1.165, 1.54) is 12.1 Å². The number of anilines is 3. The zero-order valence-corrected chi connectivity index (χ0v) is 18.0. The lowest BCUT2D eigenvalue weighted by Crippen LogP contribution is -2.52. The van der Waals surface area contributed by atoms with Crippen molar-refractivity contribution in [3.8, 4) is 0 Å². The standard InChI is InChI=1S/C22H30FN5O2/c1-5-6-17-13-19(26-20(25-17)24-16-9-7-15(23)8-10-16)27-12-11-18(14-27)28(21(29)30)22(2,3)4/h7-10,13,18H,5-6,11-12,14H2,1-4H3,(H,29,30)(H,24,25,26)/t18-/m0/s1. The highest BCUT2D eigenvalue weighted by molar-refractivity contribution is 5.67. The number of nitrogens with one attached hydrogen (secondary N) is 1. The molecule has 1 aliphatic rings. The van der Waals surface area contributed by atoms with Crippen molar-refractivity contribution in [3.05, 3.63) is 41.8 Å². The van der Waals surface area contributed by atoms with E-state index < -0.39 is 11.6 Å². The molecule has 1 aromatic heterocycles. The highest BCUT2D eigenvalue weighted by Crippen LogP contribution is 2.28. The summed E-state index contributed by atoms with van der Waals surface area (Å²) in [4.78, 5) is 24.7. The number of hydrogen-bond donors (Lipinski definition) is 2. The van der Waals surface area contributed by atoms with Gasteiger partial charge in [-0.1, -0.05) is 13.3 Å². The maximum Gasteiger partial charge on any atom is 0.408 e. The van der Waals surface area contributed by atoms with Crippen molar-refractivity contribution >= 4 is 23.5 Å². The van der Waals surface area contributed by atoms with Gasteiger partial charge in [0.05, 0.1) is 6.04 Å². The van der Waals surface area contributed by atoms with Crippen molar-refractivity contribution in [3.63, 3.8) is 0 Å². The van der Waals surface area contributed by atoms with E-state index in [2.05, 4.69) is 27.1 Å². The lowest BCUT2D eigenvalue weighted by atomic mass is 10.0. The van der Waals surface area contributed by atoms with Crippen LogP contribution in [0.2, 0.25) is 0 Å². The fraction of sp³-hybridized carbons (Fsp3) is 0.500. The van der Waals surface area contributed by atoms with Crippen LogP contribution in [0.5, 0.6) is 0 Å². The Bertz CT molecular complexity index is 882. The molecule has 1 fully saturated rings. The minimum Gasteiger partial charge on any atom is -0.465 e. The van der Waals surface area contributed by atoms with Crippen LogP contribution in [0.15, 0.2) is 30.3 Å². The minimum atomic E-state index is -0.901. The van der Waals surface area contributed by atoms with Crippen molar-refractivity contribution < 1.29 is 14.3 Å². The molecule has 1 aromatic carbocycles. The van der Waals surface area contributed by atoms with E-state index >= 15 is 0 Å². The van der Waals surface area contributed by atoms with Crippen molar-refractivity contribution in [2.24, 2.45) is 0 Å². The molecule has 1 atom stereocenters. The number of benzene rings is 1. The van der Waals surface area contributed by atoms with Crippen molar-refractivity contribution in [1.29, 1.82) is 0 Å². The number of halogens is 1. The number of hydrogen-bond acceptors (Lipinski definition) is 5. The maximum atomic E-state index is 13.2. The number of carboxylic acid groups (broad SMARTS) is 1. The van der Waals surface area contributed by atoms with Crippen molar-refractivity contribution in [1.82, 2.24) is 14.9 Å². The molecule has 0 spiro atoms. The smallest absolute Gasteiger partial charge is 0.408 e. The van der Waals surface area contributed by atoms with Gasteiger partial charge in [-0.3, -0.25) is 4.90 Å². The average molecular weight is 416 g/mol. The molecule has 0 unspecified atom stereocenters. The summed E-state index contributed by atoms with van der Waals surface area (Å²) in [6.45, 7) is 9.15. The number of amides is 1. The van der Waals surface area contributed by atoms with Gasteiger partial charge in [-0.25, -0.2) is 14.2 Å². The van der Waals surface area contributed by atoms with E-state index in [0.29, 0.717) is 18.2 Å². The molecule has 8 heteroatoms. The molecule has 1 amide bonds. The highest BCUT2D eigenvalue weighted by atomic mass is 19.1. The molecule has 0 aliphatic carbocycles. The number of carbonyl (C=O) groups is 1. The van der Waals surface area contributed by atoms with Gasteiger partial charge in [-0.05, 0) is 57.9 Å². The topological polar surface area (TPSA) is 81.6 Å². The maximum absolute atomic E-state index is 13.2. The molecule has 162 valence electrons. The third-order valence-electron chi connectivity index (χ3n) is 5.15. The van der Waals surface area contributed by atoms with Gasteiger partial charge in [0.15, 0.2) is 0 Å². The van der Waals surface area contributed by atoms with Crippen molar-refractivity contribution in [2.45, 2.75) is 58.5 Å². The Morgan fingerprint density at radius 3 is 2.60 bits per heavy atom. The normalized spacial score (nSPS) is 16.6. The Kier molecular flexibility index (Phi) is 6.43. The van der Waals surface area contributed by atoms with Crippen LogP contribution in [-0.2, 0) is 6.42 Å². The lowest BCUT2D eigenvalue weighted by molar-refractivity contribution is 0.0763. The first-order valence-electron chi connectivity index (χ1n) is 10.3. The first kappa shape index (κ1) is 21.8. The Morgan fingerprint density at radius 1 is 1.30 bits per heavy atom. The number of aryl methyl sites for hydroxylation is 1. The van der Waals surface area contributed by atoms with E-state index in [4.69, 9.17) is 0 Å². The fourth-order valence-corrected chi connectivity index (χ4v) is 3.90. The van der Waals surface area contributed by atoms with Crippen LogP contribution in [0.3, 0.4) is 0 Å². The highest BCUT2D eigenvalue weighted by Gasteiger charge is 2.37. The predicted octanol–water partition coefficient (Wildman–Crippen LogP) is 4.67. The van der Waals surface area contributed by atoms with Crippen LogP contribution in [0.25, 0.3) is 0 Å². The summed E-state index contributed by atoms with van der Waals surface area (Å²) in [5, 5.41) is 12.9. The van der Waals surface area contributed by atoms with Gasteiger partial charge in [0.1, 0.15) is 11.6 Å². The molecule has 2 N–H and O–H groups in total. The molecule has 0 saturated carbocycles. The molecule has 0 radical (unpaired) electrons. The van der Waals surface area contributed by atoms with E-state index in [9.17, 15) is 14.3 Å². The number of nitrogens with zero attached hydrogens (tertiary/aromatic N) is 4. The molecular weight excluding hydrogens is 385 g/mol. The molecule has 2 aromatic rings. The molecule has 0 bridgehead atoms. The van der Waals surface area contributed by atoms with E-state index in [-0.39, 0.29) is 11.9 Å². The SMILES string of the molecule is CCCc1cc(N2CC[C@H](N(C(=O)O)C(C)(C)C)C2)nc(Nc2ccc(F)cc2)n1. The Balaban J connectivity index is 1.83. The predicted molar refractivity (Wildman–Crippen MR) is 116 cm³/mol. The molecule has 30 heavy (non-hydrogen) atoms. The summed E-state index contributed by atoms with van der Waals surface area (Å²) in [5.74, 6) is 0.934. The second-order valence-corrected chi connectivity index (χ2v) is 8.63. The van der Waals surface area contributed by atoms with Crippen molar-refractivity contribution in [2.75, 3.05) is 23.3 Å².